The van der Waals surface area contributed by atoms with Gasteiger partial charge in [0.2, 0.25) is 0 Å². The van der Waals surface area contributed by atoms with Gasteiger partial charge >= 0.3 is 0 Å². The highest BCUT2D eigenvalue weighted by Gasteiger charge is 2.22. The van der Waals surface area contributed by atoms with E-state index in [1.54, 1.807) is 18.4 Å². The summed E-state index contributed by atoms with van der Waals surface area (Å²) >= 11 is 1.68. The van der Waals surface area contributed by atoms with Gasteiger partial charge in [0.25, 0.3) is 0 Å². The molecule has 2 aromatic heterocycles. The Morgan fingerprint density at radius 2 is 1.84 bits per heavy atom. The number of nitrogens with zero attached hydrogens (tertiary/aromatic N) is 4. The van der Waals surface area contributed by atoms with Crippen LogP contribution in [0.3, 0.4) is 0 Å². The maximum atomic E-state index is 5.28. The van der Waals surface area contributed by atoms with Crippen molar-refractivity contribution in [2.24, 2.45) is 0 Å². The van der Waals surface area contributed by atoms with Gasteiger partial charge in [0, 0.05) is 44.2 Å². The lowest BCUT2D eigenvalue weighted by Gasteiger charge is -2.33. The quantitative estimate of drug-likeness (QED) is 0.719. The van der Waals surface area contributed by atoms with Crippen LogP contribution in [-0.4, -0.2) is 55.2 Å². The van der Waals surface area contributed by atoms with Crippen LogP contribution in [0.25, 0.3) is 21.3 Å². The summed E-state index contributed by atoms with van der Waals surface area (Å²) in [5, 5.41) is 3.37. The smallest absolute Gasteiger partial charge is 0.158 e. The van der Waals surface area contributed by atoms with Crippen molar-refractivity contribution in [2.75, 3.05) is 45.2 Å². The number of hydrogen-bond acceptors (Lipinski definition) is 6. The molecule has 0 spiro atoms. The molecule has 0 atom stereocenters. The van der Waals surface area contributed by atoms with Gasteiger partial charge in [-0.25, -0.2) is 9.97 Å². The van der Waals surface area contributed by atoms with E-state index in [9.17, 15) is 0 Å². The number of thiophene rings is 1. The topological polar surface area (TPSA) is 41.5 Å². The Balaban J connectivity index is 1.86. The van der Waals surface area contributed by atoms with Crippen molar-refractivity contribution < 1.29 is 4.74 Å². The van der Waals surface area contributed by atoms with Gasteiger partial charge in [0.05, 0.1) is 5.39 Å². The Bertz CT molecular complexity index is 856. The van der Waals surface area contributed by atoms with Crippen LogP contribution in [0.2, 0.25) is 0 Å². The zero-order valence-electron chi connectivity index (χ0n) is 14.6. The van der Waals surface area contributed by atoms with E-state index in [-0.39, 0.29) is 0 Å². The summed E-state index contributed by atoms with van der Waals surface area (Å²) in [6.45, 7) is 4.51. The predicted molar refractivity (Wildman–Crippen MR) is 103 cm³/mol. The third-order valence-electron chi connectivity index (χ3n) is 4.62. The van der Waals surface area contributed by atoms with Gasteiger partial charge in [-0.05, 0) is 12.6 Å². The zero-order valence-corrected chi connectivity index (χ0v) is 15.4. The Morgan fingerprint density at radius 3 is 2.56 bits per heavy atom. The first-order valence-corrected chi connectivity index (χ1v) is 9.40. The van der Waals surface area contributed by atoms with E-state index in [4.69, 9.17) is 14.7 Å². The van der Waals surface area contributed by atoms with E-state index in [0.717, 1.165) is 42.7 Å². The molecule has 1 saturated heterocycles. The van der Waals surface area contributed by atoms with E-state index in [1.807, 2.05) is 6.07 Å². The summed E-state index contributed by atoms with van der Waals surface area (Å²) < 4.78 is 5.28. The summed E-state index contributed by atoms with van der Waals surface area (Å²) in [7, 11) is 3.86. The van der Waals surface area contributed by atoms with Crippen LogP contribution in [-0.2, 0) is 11.3 Å². The van der Waals surface area contributed by atoms with Crippen molar-refractivity contribution in [3.8, 4) is 11.1 Å². The van der Waals surface area contributed by atoms with Gasteiger partial charge < -0.3 is 14.5 Å². The second kappa shape index (κ2) is 7.07. The van der Waals surface area contributed by atoms with Crippen molar-refractivity contribution >= 4 is 27.4 Å². The first-order chi connectivity index (χ1) is 12.3. The summed E-state index contributed by atoms with van der Waals surface area (Å²) in [4.78, 5) is 15.4. The maximum Gasteiger partial charge on any atom is 0.158 e. The van der Waals surface area contributed by atoms with Crippen LogP contribution in [0, 0.1) is 0 Å². The number of benzene rings is 1. The molecule has 0 aliphatic carbocycles. The van der Waals surface area contributed by atoms with E-state index in [1.165, 1.54) is 16.5 Å². The zero-order chi connectivity index (χ0) is 17.2. The summed E-state index contributed by atoms with van der Waals surface area (Å²) in [5.41, 5.74) is 2.44. The first kappa shape index (κ1) is 16.4. The number of anilines is 1. The second-order valence-electron chi connectivity index (χ2n) is 6.38. The normalized spacial score (nSPS) is 15.8. The molecule has 0 N–H and O–H groups in total. The van der Waals surface area contributed by atoms with Crippen LogP contribution in [0.5, 0.6) is 0 Å². The predicted octanol–water partition coefficient (Wildman–Crippen LogP) is 3.26. The number of piperazine rings is 1. The van der Waals surface area contributed by atoms with Crippen molar-refractivity contribution in [1.29, 1.82) is 0 Å². The molecule has 5 nitrogen and oxygen atoms in total. The van der Waals surface area contributed by atoms with Crippen molar-refractivity contribution in [3.05, 3.63) is 41.5 Å². The average molecular weight is 354 g/mol. The van der Waals surface area contributed by atoms with Crippen LogP contribution < -0.4 is 4.90 Å². The minimum Gasteiger partial charge on any atom is -0.377 e. The minimum atomic E-state index is 0.440. The molecule has 1 fully saturated rings. The Morgan fingerprint density at radius 1 is 1.08 bits per heavy atom. The highest BCUT2D eigenvalue weighted by Crippen LogP contribution is 2.38. The highest BCUT2D eigenvalue weighted by molar-refractivity contribution is 7.17. The van der Waals surface area contributed by atoms with Gasteiger partial charge in [0.15, 0.2) is 5.82 Å². The number of likely N-dealkylation sites (N-methyl/N-ethyl adjacent to an activating group) is 1. The lowest BCUT2D eigenvalue weighted by Crippen LogP contribution is -2.45. The fraction of sp³-hybridized carbons (Fsp3) is 0.368. The number of aromatic nitrogens is 2. The van der Waals surface area contributed by atoms with Gasteiger partial charge in [-0.1, -0.05) is 30.3 Å². The van der Waals surface area contributed by atoms with E-state index in [0.29, 0.717) is 6.61 Å². The molecule has 0 unspecified atom stereocenters. The summed E-state index contributed by atoms with van der Waals surface area (Å²) in [6.07, 6.45) is 0. The van der Waals surface area contributed by atoms with Crippen LogP contribution in [0.15, 0.2) is 35.7 Å². The fourth-order valence-corrected chi connectivity index (χ4v) is 4.20. The van der Waals surface area contributed by atoms with Crippen molar-refractivity contribution in [3.63, 3.8) is 0 Å². The third kappa shape index (κ3) is 3.25. The van der Waals surface area contributed by atoms with Gasteiger partial charge in [0.1, 0.15) is 17.3 Å². The summed E-state index contributed by atoms with van der Waals surface area (Å²) in [6, 6.07) is 10.5. The molecule has 0 radical (unpaired) electrons. The molecule has 25 heavy (non-hydrogen) atoms. The summed E-state index contributed by atoms with van der Waals surface area (Å²) in [5.74, 6) is 1.80. The van der Waals surface area contributed by atoms with Gasteiger partial charge in [-0.2, -0.15) is 0 Å². The molecular weight excluding hydrogens is 332 g/mol. The number of ether oxygens (including phenoxy) is 1. The molecule has 4 rings (SSSR count). The van der Waals surface area contributed by atoms with E-state index < -0.39 is 0 Å². The Kier molecular flexibility index (Phi) is 4.65. The molecule has 1 aliphatic heterocycles. The molecule has 0 amide bonds. The van der Waals surface area contributed by atoms with Crippen molar-refractivity contribution in [1.82, 2.24) is 14.9 Å². The van der Waals surface area contributed by atoms with Crippen LogP contribution in [0.4, 0.5) is 5.82 Å². The molecule has 1 aromatic carbocycles. The van der Waals surface area contributed by atoms with Crippen LogP contribution >= 0.6 is 11.3 Å². The van der Waals surface area contributed by atoms with Gasteiger partial charge in [-0.3, -0.25) is 0 Å². The number of methoxy groups -OCH3 is 1. The highest BCUT2D eigenvalue weighted by atomic mass is 32.1. The Hall–Kier alpha value is -2.02. The fourth-order valence-electron chi connectivity index (χ4n) is 3.24. The van der Waals surface area contributed by atoms with E-state index >= 15 is 0 Å². The molecule has 0 saturated carbocycles. The van der Waals surface area contributed by atoms with Crippen LogP contribution in [0.1, 0.15) is 5.82 Å². The average Bonchev–Trinajstić information content (AvgIpc) is 3.07. The lowest BCUT2D eigenvalue weighted by molar-refractivity contribution is 0.178. The van der Waals surface area contributed by atoms with E-state index in [2.05, 4.69) is 46.5 Å². The number of hydrogen-bond donors (Lipinski definition) is 0. The first-order valence-electron chi connectivity index (χ1n) is 8.52. The standard InChI is InChI=1S/C19H22N4OS/c1-22-8-10-23(11-9-22)18-17-15(14-6-4-3-5-7-14)13-25-19(17)21-16(20-18)12-24-2/h3-7,13H,8-12H2,1-2H3. The number of fused-ring (bicyclic) bond motifs is 1. The third-order valence-corrected chi connectivity index (χ3v) is 5.49. The molecule has 3 heterocycles. The largest absolute Gasteiger partial charge is 0.377 e. The Labute approximate surface area is 151 Å². The molecule has 1 aliphatic rings. The molecular formula is C19H22N4OS. The maximum absolute atomic E-state index is 5.28. The SMILES string of the molecule is COCc1nc(N2CCN(C)CC2)c2c(-c3ccccc3)csc2n1. The lowest BCUT2D eigenvalue weighted by atomic mass is 10.1. The molecule has 0 bridgehead atoms. The molecule has 130 valence electrons. The second-order valence-corrected chi connectivity index (χ2v) is 7.24. The van der Waals surface area contributed by atoms with Crippen molar-refractivity contribution in [2.45, 2.75) is 6.61 Å². The molecule has 6 heteroatoms. The number of rotatable bonds is 4. The minimum absolute atomic E-state index is 0.440. The van der Waals surface area contributed by atoms with Gasteiger partial charge in [-0.15, -0.1) is 11.3 Å². The molecule has 3 aromatic rings. The monoisotopic (exact) mass is 354 g/mol.